The number of rotatable bonds is 5. The van der Waals surface area contributed by atoms with Crippen LogP contribution in [0.3, 0.4) is 0 Å². The van der Waals surface area contributed by atoms with Crippen molar-refractivity contribution in [1.82, 2.24) is 5.32 Å². The molecule has 22 heavy (non-hydrogen) atoms. The first-order chi connectivity index (χ1) is 10.6. The summed E-state index contributed by atoms with van der Waals surface area (Å²) in [6.07, 6.45) is 0. The van der Waals surface area contributed by atoms with Gasteiger partial charge in [-0.3, -0.25) is 10.1 Å². The maximum absolute atomic E-state index is 10.9. The van der Waals surface area contributed by atoms with Gasteiger partial charge >= 0.3 is 5.97 Å². The molecule has 1 aromatic carbocycles. The van der Waals surface area contributed by atoms with Gasteiger partial charge in [-0.25, -0.2) is 0 Å². The van der Waals surface area contributed by atoms with Crippen molar-refractivity contribution in [1.29, 1.82) is 0 Å². The Bertz CT molecular complexity index is 658. The molecule has 0 radical (unpaired) electrons. The summed E-state index contributed by atoms with van der Waals surface area (Å²) in [5, 5.41) is 12.5. The molecule has 1 saturated heterocycles. The van der Waals surface area contributed by atoms with Crippen LogP contribution in [0.2, 0.25) is 5.02 Å². The fraction of sp³-hybridized carbons (Fsp3) is 0.267. The van der Waals surface area contributed by atoms with Crippen LogP contribution in [0.1, 0.15) is 16.9 Å². The van der Waals surface area contributed by atoms with E-state index in [9.17, 15) is 4.79 Å². The van der Waals surface area contributed by atoms with E-state index in [4.69, 9.17) is 25.9 Å². The van der Waals surface area contributed by atoms with Crippen molar-refractivity contribution in [3.05, 3.63) is 52.9 Å². The van der Waals surface area contributed by atoms with E-state index in [0.29, 0.717) is 34.7 Å². The standard InChI is InChI=1S/C15H14ClNO4S/c16-9-1-3-10(4-2-9)20-7-11-5-6-13(21-11)14-17-12(8-22-14)15(18)19/h1-6,12,14,17H,7-8H2,(H,18,19). The lowest BCUT2D eigenvalue weighted by molar-refractivity contribution is -0.138. The fourth-order valence-corrected chi connectivity index (χ4v) is 3.38. The minimum Gasteiger partial charge on any atom is -0.486 e. The van der Waals surface area contributed by atoms with Gasteiger partial charge in [0.05, 0.1) is 0 Å². The number of hydrogen-bond acceptors (Lipinski definition) is 5. The number of carboxylic acids is 1. The molecule has 0 amide bonds. The topological polar surface area (TPSA) is 71.7 Å². The van der Waals surface area contributed by atoms with Crippen LogP contribution in [-0.4, -0.2) is 22.9 Å². The second-order valence-electron chi connectivity index (χ2n) is 4.82. The third kappa shape index (κ3) is 3.58. The molecule has 5 nitrogen and oxygen atoms in total. The third-order valence-electron chi connectivity index (χ3n) is 3.22. The van der Waals surface area contributed by atoms with Gasteiger partial charge in [-0.1, -0.05) is 11.6 Å². The lowest BCUT2D eigenvalue weighted by atomic mass is 10.3. The van der Waals surface area contributed by atoms with Crippen LogP contribution in [0.4, 0.5) is 0 Å². The first-order valence-corrected chi connectivity index (χ1v) is 8.12. The largest absolute Gasteiger partial charge is 0.486 e. The summed E-state index contributed by atoms with van der Waals surface area (Å²) in [5.41, 5.74) is 0. The molecular weight excluding hydrogens is 326 g/mol. The van der Waals surface area contributed by atoms with E-state index in [-0.39, 0.29) is 5.37 Å². The van der Waals surface area contributed by atoms with Crippen LogP contribution in [0.5, 0.6) is 5.75 Å². The normalized spacial score (nSPS) is 21.0. The lowest BCUT2D eigenvalue weighted by Gasteiger charge is -2.08. The van der Waals surface area contributed by atoms with Gasteiger partial charge in [0.1, 0.15) is 35.3 Å². The van der Waals surface area contributed by atoms with Crippen molar-refractivity contribution >= 4 is 29.3 Å². The lowest BCUT2D eigenvalue weighted by Crippen LogP contribution is -2.33. The van der Waals surface area contributed by atoms with Gasteiger partial charge in [0.15, 0.2) is 0 Å². The Labute approximate surface area is 136 Å². The summed E-state index contributed by atoms with van der Waals surface area (Å²) in [6, 6.07) is 10.2. The van der Waals surface area contributed by atoms with Gasteiger partial charge in [-0.2, -0.15) is 0 Å². The summed E-state index contributed by atoms with van der Waals surface area (Å²) in [4.78, 5) is 10.9. The number of carbonyl (C=O) groups is 1. The molecule has 1 aliphatic rings. The van der Waals surface area contributed by atoms with E-state index in [1.807, 2.05) is 12.1 Å². The van der Waals surface area contributed by atoms with Crippen LogP contribution in [0.15, 0.2) is 40.8 Å². The van der Waals surface area contributed by atoms with Crippen molar-refractivity contribution in [3.8, 4) is 5.75 Å². The van der Waals surface area contributed by atoms with Gasteiger partial charge < -0.3 is 14.3 Å². The smallest absolute Gasteiger partial charge is 0.321 e. The minimum absolute atomic E-state index is 0.134. The average Bonchev–Trinajstić information content (AvgIpc) is 3.15. The predicted molar refractivity (Wildman–Crippen MR) is 84.3 cm³/mol. The molecule has 2 unspecified atom stereocenters. The first kappa shape index (κ1) is 15.3. The van der Waals surface area contributed by atoms with E-state index >= 15 is 0 Å². The summed E-state index contributed by atoms with van der Waals surface area (Å²) in [5.74, 6) is 1.79. The molecule has 7 heteroatoms. The summed E-state index contributed by atoms with van der Waals surface area (Å²) < 4.78 is 11.3. The van der Waals surface area contributed by atoms with Crippen LogP contribution < -0.4 is 10.1 Å². The van der Waals surface area contributed by atoms with Crippen LogP contribution in [0, 0.1) is 0 Å². The van der Waals surface area contributed by atoms with Crippen LogP contribution in [0.25, 0.3) is 0 Å². The zero-order valence-electron chi connectivity index (χ0n) is 11.5. The van der Waals surface area contributed by atoms with E-state index in [2.05, 4.69) is 5.32 Å². The van der Waals surface area contributed by atoms with Crippen molar-refractivity contribution in [3.63, 3.8) is 0 Å². The van der Waals surface area contributed by atoms with Crippen molar-refractivity contribution in [2.45, 2.75) is 18.0 Å². The van der Waals surface area contributed by atoms with Crippen molar-refractivity contribution in [2.24, 2.45) is 0 Å². The molecule has 1 aromatic heterocycles. The number of hydrogen-bond donors (Lipinski definition) is 2. The summed E-state index contributed by atoms with van der Waals surface area (Å²) >= 11 is 7.33. The van der Waals surface area contributed by atoms with Crippen LogP contribution in [-0.2, 0) is 11.4 Å². The van der Waals surface area contributed by atoms with E-state index in [1.54, 1.807) is 24.3 Å². The predicted octanol–water partition coefficient (Wildman–Crippen LogP) is 3.30. The molecule has 2 N–H and O–H groups in total. The number of ether oxygens (including phenoxy) is 1. The number of nitrogens with one attached hydrogen (secondary N) is 1. The molecule has 0 aliphatic carbocycles. The highest BCUT2D eigenvalue weighted by molar-refractivity contribution is 7.99. The Hall–Kier alpha value is -1.63. The number of furan rings is 1. The Morgan fingerprint density at radius 1 is 1.36 bits per heavy atom. The van der Waals surface area contributed by atoms with Gasteiger partial charge in [0.2, 0.25) is 0 Å². The second-order valence-corrected chi connectivity index (χ2v) is 6.39. The van der Waals surface area contributed by atoms with Crippen LogP contribution >= 0.6 is 23.4 Å². The second kappa shape index (κ2) is 6.64. The first-order valence-electron chi connectivity index (χ1n) is 6.69. The highest BCUT2D eigenvalue weighted by Gasteiger charge is 2.32. The number of thioether (sulfide) groups is 1. The van der Waals surface area contributed by atoms with Gasteiger partial charge in [-0.05, 0) is 36.4 Å². The zero-order valence-corrected chi connectivity index (χ0v) is 13.1. The molecule has 0 saturated carbocycles. The van der Waals surface area contributed by atoms with E-state index in [1.165, 1.54) is 11.8 Å². The molecule has 0 bridgehead atoms. The molecule has 1 aliphatic heterocycles. The maximum atomic E-state index is 10.9. The van der Waals surface area contributed by atoms with Crippen molar-refractivity contribution in [2.75, 3.05) is 5.75 Å². The average molecular weight is 340 g/mol. The molecule has 2 aromatic rings. The van der Waals surface area contributed by atoms with Gasteiger partial charge in [-0.15, -0.1) is 11.8 Å². The summed E-state index contributed by atoms with van der Waals surface area (Å²) in [7, 11) is 0. The van der Waals surface area contributed by atoms with Gasteiger partial charge in [0, 0.05) is 10.8 Å². The number of halogens is 1. The monoisotopic (exact) mass is 339 g/mol. The van der Waals surface area contributed by atoms with Gasteiger partial charge in [0.25, 0.3) is 0 Å². The SMILES string of the molecule is O=C(O)C1CSC(c2ccc(COc3ccc(Cl)cc3)o2)N1. The zero-order chi connectivity index (χ0) is 15.5. The quantitative estimate of drug-likeness (QED) is 0.871. The Morgan fingerprint density at radius 2 is 2.14 bits per heavy atom. The molecule has 3 rings (SSSR count). The minimum atomic E-state index is -0.840. The van der Waals surface area contributed by atoms with E-state index in [0.717, 1.165) is 0 Å². The molecule has 1 fully saturated rings. The number of benzene rings is 1. The Balaban J connectivity index is 1.57. The molecule has 2 atom stereocenters. The highest BCUT2D eigenvalue weighted by Crippen LogP contribution is 2.34. The number of carboxylic acid groups (broad SMARTS) is 1. The van der Waals surface area contributed by atoms with Crippen molar-refractivity contribution < 1.29 is 19.1 Å². The molecular formula is C15H14ClNO4S. The van der Waals surface area contributed by atoms with E-state index < -0.39 is 12.0 Å². The third-order valence-corrected chi connectivity index (χ3v) is 4.70. The summed E-state index contributed by atoms with van der Waals surface area (Å²) in [6.45, 7) is 0.307. The Morgan fingerprint density at radius 3 is 2.82 bits per heavy atom. The maximum Gasteiger partial charge on any atom is 0.321 e. The Kier molecular flexibility index (Phi) is 4.61. The molecule has 116 valence electrons. The molecule has 0 spiro atoms. The highest BCUT2D eigenvalue weighted by atomic mass is 35.5. The molecule has 2 heterocycles. The number of aliphatic carboxylic acids is 1. The fourth-order valence-electron chi connectivity index (χ4n) is 2.08.